The maximum atomic E-state index is 4.19. The van der Waals surface area contributed by atoms with Gasteiger partial charge in [-0.15, -0.1) is 11.3 Å². The van der Waals surface area contributed by atoms with Crippen molar-refractivity contribution in [3.8, 4) is 11.1 Å². The number of nitrogens with zero attached hydrogens (tertiary/aromatic N) is 1. The molecule has 0 unspecified atom stereocenters. The van der Waals surface area contributed by atoms with Crippen molar-refractivity contribution in [1.82, 2.24) is 0 Å². The van der Waals surface area contributed by atoms with Crippen molar-refractivity contribution < 1.29 is 0 Å². The maximum Gasteiger partial charge on any atom is 0.197 e. The summed E-state index contributed by atoms with van der Waals surface area (Å²) in [5.74, 6) is 0. The highest BCUT2D eigenvalue weighted by molar-refractivity contribution is 7.26. The third-order valence-electron chi connectivity index (χ3n) is 18.2. The van der Waals surface area contributed by atoms with Crippen LogP contribution in [-0.2, 0) is 32.5 Å². The van der Waals surface area contributed by atoms with Crippen LogP contribution in [0, 0.1) is 6.92 Å². The average molecular weight is 922 g/mol. The fraction of sp³-hybridized carbons (Fsp3) is 0.385. The van der Waals surface area contributed by atoms with Crippen LogP contribution in [-0.4, -0.2) is 7.28 Å². The summed E-state index contributed by atoms with van der Waals surface area (Å²) in [6.07, 6.45) is 7.09. The van der Waals surface area contributed by atoms with Gasteiger partial charge in [0, 0.05) is 49.2 Å². The van der Waals surface area contributed by atoms with Gasteiger partial charge in [-0.1, -0.05) is 155 Å². The summed E-state index contributed by atoms with van der Waals surface area (Å²) in [5.41, 5.74) is 22.1. The molecule has 349 valence electrons. The first-order valence-electron chi connectivity index (χ1n) is 26.0. The molecule has 3 aliphatic carbocycles. The Morgan fingerprint density at radius 3 is 1.70 bits per heavy atom. The molecule has 2 nitrogen and oxygen atoms in total. The van der Waals surface area contributed by atoms with E-state index in [1.807, 2.05) is 11.3 Å². The minimum Gasteiger partial charge on any atom is -0.355 e. The lowest BCUT2D eigenvalue weighted by molar-refractivity contribution is 0.332. The minimum absolute atomic E-state index is 0.0342. The second kappa shape index (κ2) is 14.9. The summed E-state index contributed by atoms with van der Waals surface area (Å²) in [5, 5.41) is 9.39. The van der Waals surface area contributed by atoms with Gasteiger partial charge in [0.05, 0.1) is 10.4 Å². The molecule has 8 aromatic rings. The van der Waals surface area contributed by atoms with Crippen LogP contribution in [0.4, 0.5) is 28.4 Å². The first-order valence-corrected chi connectivity index (χ1v) is 26.8. The molecule has 1 aromatic heterocycles. The Morgan fingerprint density at radius 1 is 0.478 bits per heavy atom. The first-order chi connectivity index (χ1) is 32.5. The van der Waals surface area contributed by atoms with Gasteiger partial charge in [0.2, 0.25) is 0 Å². The lowest BCUT2D eigenvalue weighted by atomic mass is 9.57. The topological polar surface area (TPSA) is 15.3 Å². The van der Waals surface area contributed by atoms with Crippen LogP contribution in [0.3, 0.4) is 0 Å². The van der Waals surface area contributed by atoms with Gasteiger partial charge >= 0.3 is 0 Å². The SMILES string of the molecule is Cc1cc2c(cc1N1c3c(c(-c4cc5c(cc4Nc4ccc6c(c4)C(C)(C)CCC6(C)C)C(C)(C)CCC5(C)C)cc4ccccc34)[B]c3ccc4c(sc5ccccc54)c31)C(C)(C)CCC2(C)C. The van der Waals surface area contributed by atoms with Crippen LogP contribution >= 0.6 is 11.3 Å². The minimum atomic E-state index is 0.0342. The molecule has 0 fully saturated rings. The van der Waals surface area contributed by atoms with E-state index in [9.17, 15) is 0 Å². The summed E-state index contributed by atoms with van der Waals surface area (Å²) in [4.78, 5) is 2.73. The number of hydrogen-bond donors (Lipinski definition) is 1. The van der Waals surface area contributed by atoms with Gasteiger partial charge in [-0.25, -0.2) is 0 Å². The maximum absolute atomic E-state index is 4.19. The van der Waals surface area contributed by atoms with E-state index < -0.39 is 0 Å². The van der Waals surface area contributed by atoms with Crippen molar-refractivity contribution in [1.29, 1.82) is 0 Å². The molecule has 1 aliphatic heterocycles. The van der Waals surface area contributed by atoms with E-state index in [1.54, 1.807) is 0 Å². The van der Waals surface area contributed by atoms with Gasteiger partial charge in [0.25, 0.3) is 0 Å². The Morgan fingerprint density at radius 2 is 1.03 bits per heavy atom. The Bertz CT molecular complexity index is 3480. The molecule has 0 bridgehead atoms. The summed E-state index contributed by atoms with van der Waals surface area (Å²) in [6, 6.07) is 43.2. The number of anilines is 5. The van der Waals surface area contributed by atoms with Crippen molar-refractivity contribution in [2.24, 2.45) is 0 Å². The molecule has 1 N–H and O–H groups in total. The summed E-state index contributed by atoms with van der Waals surface area (Å²) < 4.78 is 2.68. The number of rotatable bonds is 4. The van der Waals surface area contributed by atoms with Crippen LogP contribution in [0.5, 0.6) is 0 Å². The van der Waals surface area contributed by atoms with Gasteiger partial charge in [0.1, 0.15) is 0 Å². The zero-order chi connectivity index (χ0) is 48.4. The van der Waals surface area contributed by atoms with Gasteiger partial charge in [0.15, 0.2) is 7.28 Å². The zero-order valence-electron chi connectivity index (χ0n) is 43.6. The molecular formula is C65H70BN2S. The molecule has 4 heteroatoms. The van der Waals surface area contributed by atoms with E-state index in [1.165, 1.54) is 152 Å². The number of nitrogens with one attached hydrogen (secondary N) is 1. The van der Waals surface area contributed by atoms with Crippen molar-refractivity contribution in [2.45, 2.75) is 161 Å². The van der Waals surface area contributed by atoms with E-state index in [0.29, 0.717) is 0 Å². The monoisotopic (exact) mass is 922 g/mol. The highest BCUT2D eigenvalue weighted by Gasteiger charge is 2.42. The van der Waals surface area contributed by atoms with Gasteiger partial charge in [-0.05, 0) is 176 Å². The molecular weight excluding hydrogens is 852 g/mol. The molecule has 7 aromatic carbocycles. The molecule has 0 atom stereocenters. The number of hydrogen-bond acceptors (Lipinski definition) is 3. The predicted molar refractivity (Wildman–Crippen MR) is 302 cm³/mol. The summed E-state index contributed by atoms with van der Waals surface area (Å²) in [7, 11) is 2.55. The molecule has 1 radical (unpaired) electrons. The number of fused-ring (bicyclic) bond motifs is 11. The molecule has 2 heterocycles. The molecule has 0 saturated heterocycles. The van der Waals surface area contributed by atoms with E-state index >= 15 is 0 Å². The standard InChI is InChI=1S/C65H70BN2S/c1-38-32-47-51(65(12,13)31-28-61(47,4)5)37-54(38)68-57-41-19-15-14-18-39(41)33-45(56(57)66-52-25-23-43-42-20-16-17-21-55(42)69-59(43)58(52)68)44-35-49-50(64(10,11)30-29-63(49,8)9)36-53(44)67-40-22-24-46-48(34-40)62(6,7)27-26-60(46,2)3/h14-25,32-37,67H,26-31H2,1-13H3. The molecule has 0 saturated carbocycles. The highest BCUT2D eigenvalue weighted by atomic mass is 32.1. The van der Waals surface area contributed by atoms with Crippen molar-refractivity contribution in [3.63, 3.8) is 0 Å². The molecule has 69 heavy (non-hydrogen) atoms. The van der Waals surface area contributed by atoms with Crippen LogP contribution in [0.15, 0.2) is 109 Å². The Balaban J connectivity index is 1.17. The zero-order valence-corrected chi connectivity index (χ0v) is 44.4. The summed E-state index contributed by atoms with van der Waals surface area (Å²) in [6.45, 7) is 31.9. The fourth-order valence-electron chi connectivity index (χ4n) is 13.3. The second-order valence-corrected chi connectivity index (χ2v) is 26.7. The third kappa shape index (κ3) is 6.84. The van der Waals surface area contributed by atoms with E-state index in [-0.39, 0.29) is 32.5 Å². The number of aryl methyl sites for hydroxylation is 1. The lowest BCUT2D eigenvalue weighted by Crippen LogP contribution is -2.42. The van der Waals surface area contributed by atoms with E-state index in [2.05, 4.69) is 217 Å². The van der Waals surface area contributed by atoms with Crippen LogP contribution in [0.2, 0.25) is 0 Å². The van der Waals surface area contributed by atoms with Gasteiger partial charge < -0.3 is 10.2 Å². The van der Waals surface area contributed by atoms with Crippen LogP contribution < -0.4 is 21.1 Å². The largest absolute Gasteiger partial charge is 0.355 e. The Hall–Kier alpha value is -5.32. The van der Waals surface area contributed by atoms with Gasteiger partial charge in [-0.3, -0.25) is 0 Å². The highest BCUT2D eigenvalue weighted by Crippen LogP contribution is 2.55. The van der Waals surface area contributed by atoms with Gasteiger partial charge in [-0.2, -0.15) is 0 Å². The Labute approximate surface area is 417 Å². The van der Waals surface area contributed by atoms with Crippen molar-refractivity contribution >= 4 is 88.9 Å². The quantitative estimate of drug-likeness (QED) is 0.177. The first kappa shape index (κ1) is 44.9. The molecule has 12 rings (SSSR count). The molecule has 0 amide bonds. The van der Waals surface area contributed by atoms with Crippen LogP contribution in [0.25, 0.3) is 42.1 Å². The Kier molecular flexibility index (Phi) is 9.66. The third-order valence-corrected chi connectivity index (χ3v) is 19.4. The van der Waals surface area contributed by atoms with Crippen molar-refractivity contribution in [3.05, 3.63) is 148 Å². The predicted octanol–water partition coefficient (Wildman–Crippen LogP) is 17.4. The molecule has 4 aliphatic rings. The van der Waals surface area contributed by atoms with Crippen LogP contribution in [0.1, 0.15) is 161 Å². The van der Waals surface area contributed by atoms with E-state index in [4.69, 9.17) is 0 Å². The lowest BCUT2D eigenvalue weighted by Gasteiger charge is -2.44. The molecule has 0 spiro atoms. The normalized spacial score (nSPS) is 19.8. The average Bonchev–Trinajstić information content (AvgIpc) is 3.69. The number of benzene rings is 7. The smallest absolute Gasteiger partial charge is 0.197 e. The second-order valence-electron chi connectivity index (χ2n) is 25.7. The fourth-order valence-corrected chi connectivity index (χ4v) is 14.6. The van der Waals surface area contributed by atoms with E-state index in [0.717, 1.165) is 6.42 Å². The summed E-state index contributed by atoms with van der Waals surface area (Å²) >= 11 is 1.95. The van der Waals surface area contributed by atoms with Crippen molar-refractivity contribution in [2.75, 3.05) is 10.2 Å². The number of thiophene rings is 1.